The predicted molar refractivity (Wildman–Crippen MR) is 61.4 cm³/mol. The van der Waals surface area contributed by atoms with Gasteiger partial charge in [-0.3, -0.25) is 0 Å². The Morgan fingerprint density at radius 3 is 2.50 bits per heavy atom. The lowest BCUT2D eigenvalue weighted by atomic mass is 10.0. The molecule has 0 saturated carbocycles. The summed E-state index contributed by atoms with van der Waals surface area (Å²) in [6, 6.07) is 4.21. The summed E-state index contributed by atoms with van der Waals surface area (Å²) in [4.78, 5) is 0. The second-order valence-electron chi connectivity index (χ2n) is 3.43. The Labute approximate surface area is 105 Å². The zero-order valence-corrected chi connectivity index (χ0v) is 10.5. The maximum atomic E-state index is 12.0. The van der Waals surface area contributed by atoms with Crippen molar-refractivity contribution in [3.8, 4) is 0 Å². The first-order valence-corrected chi connectivity index (χ1v) is 5.74. The molecule has 1 rings (SSSR count). The van der Waals surface area contributed by atoms with Crippen molar-refractivity contribution in [2.24, 2.45) is 5.73 Å². The quantitative estimate of drug-likeness (QED) is 0.876. The van der Waals surface area contributed by atoms with Gasteiger partial charge in [-0.05, 0) is 24.1 Å². The van der Waals surface area contributed by atoms with E-state index in [1.165, 1.54) is 0 Å². The number of rotatable bonds is 3. The van der Waals surface area contributed by atoms with E-state index in [1.807, 2.05) is 0 Å². The van der Waals surface area contributed by atoms with E-state index in [1.54, 1.807) is 18.2 Å². The van der Waals surface area contributed by atoms with Crippen molar-refractivity contribution in [1.82, 2.24) is 0 Å². The molecular weight excluding hydrogens is 306 g/mol. The molecule has 90 valence electrons. The lowest BCUT2D eigenvalue weighted by molar-refractivity contribution is -0.136. The summed E-state index contributed by atoms with van der Waals surface area (Å²) in [5, 5.41) is 0.513. The molecule has 0 spiro atoms. The third-order valence-electron chi connectivity index (χ3n) is 2.10. The van der Waals surface area contributed by atoms with E-state index >= 15 is 0 Å². The molecule has 0 amide bonds. The van der Waals surface area contributed by atoms with Crippen molar-refractivity contribution in [3.05, 3.63) is 33.3 Å². The van der Waals surface area contributed by atoms with Gasteiger partial charge in [-0.25, -0.2) is 0 Å². The van der Waals surface area contributed by atoms with Gasteiger partial charge in [0.1, 0.15) is 0 Å². The molecule has 0 aliphatic rings. The van der Waals surface area contributed by atoms with E-state index in [0.29, 0.717) is 15.1 Å². The van der Waals surface area contributed by atoms with Gasteiger partial charge in [-0.2, -0.15) is 13.2 Å². The highest BCUT2D eigenvalue weighted by atomic mass is 79.9. The molecule has 0 aromatic heterocycles. The minimum atomic E-state index is -4.17. The molecule has 1 atom stereocenters. The smallest absolute Gasteiger partial charge is 0.324 e. The van der Waals surface area contributed by atoms with Gasteiger partial charge in [0, 0.05) is 22.0 Å². The number of hydrogen-bond donors (Lipinski definition) is 1. The highest BCUT2D eigenvalue weighted by Crippen LogP contribution is 2.31. The number of nitrogens with two attached hydrogens (primary N) is 1. The van der Waals surface area contributed by atoms with Gasteiger partial charge in [0.2, 0.25) is 0 Å². The van der Waals surface area contributed by atoms with Crippen LogP contribution in [0.4, 0.5) is 13.2 Å². The molecule has 0 aliphatic carbocycles. The van der Waals surface area contributed by atoms with Crippen LogP contribution in [0, 0.1) is 0 Å². The van der Waals surface area contributed by atoms with E-state index in [-0.39, 0.29) is 6.42 Å². The molecule has 0 radical (unpaired) electrons. The number of alkyl halides is 3. The molecule has 0 unspecified atom stereocenters. The Kier molecular flexibility index (Phi) is 4.64. The predicted octanol–water partition coefficient (Wildman–Crippen LogP) is 4.44. The van der Waals surface area contributed by atoms with Crippen molar-refractivity contribution in [1.29, 1.82) is 0 Å². The van der Waals surface area contributed by atoms with Crippen LogP contribution in [0.15, 0.2) is 22.7 Å². The normalized spacial score (nSPS) is 13.9. The summed E-state index contributed by atoms with van der Waals surface area (Å²) in [5.41, 5.74) is 6.31. The maximum Gasteiger partial charge on any atom is 0.389 e. The summed E-state index contributed by atoms with van der Waals surface area (Å²) >= 11 is 8.94. The zero-order chi connectivity index (χ0) is 12.3. The first-order chi connectivity index (χ1) is 7.29. The Hall–Kier alpha value is -0.260. The van der Waals surface area contributed by atoms with Gasteiger partial charge in [-0.15, -0.1) is 0 Å². The molecule has 16 heavy (non-hydrogen) atoms. The lowest BCUT2D eigenvalue weighted by Gasteiger charge is -2.15. The van der Waals surface area contributed by atoms with E-state index < -0.39 is 18.6 Å². The molecule has 1 aromatic carbocycles. The summed E-state index contributed by atoms with van der Waals surface area (Å²) in [6.07, 6.45) is -5.19. The Balaban J connectivity index is 2.70. The molecule has 6 heteroatoms. The molecule has 0 fully saturated rings. The van der Waals surface area contributed by atoms with Crippen LogP contribution < -0.4 is 5.73 Å². The SMILES string of the molecule is N[C@H](CCC(F)(F)F)c1ccc(Cl)cc1Br. The minimum Gasteiger partial charge on any atom is -0.324 e. The van der Waals surface area contributed by atoms with E-state index in [9.17, 15) is 13.2 Å². The van der Waals surface area contributed by atoms with Crippen LogP contribution in [-0.2, 0) is 0 Å². The van der Waals surface area contributed by atoms with Crippen LogP contribution in [-0.4, -0.2) is 6.18 Å². The van der Waals surface area contributed by atoms with Crippen LogP contribution in [0.1, 0.15) is 24.4 Å². The molecular formula is C10H10BrClF3N. The standard InChI is InChI=1S/C10H10BrClF3N/c11-8-5-6(12)1-2-7(8)9(16)3-4-10(13,14)15/h1-2,5,9H,3-4,16H2/t9-/m1/s1. The number of benzene rings is 1. The highest BCUT2D eigenvalue weighted by Gasteiger charge is 2.28. The van der Waals surface area contributed by atoms with Gasteiger partial charge < -0.3 is 5.73 Å². The highest BCUT2D eigenvalue weighted by molar-refractivity contribution is 9.10. The minimum absolute atomic E-state index is 0.135. The summed E-state index contributed by atoms with van der Waals surface area (Å²) in [7, 11) is 0. The molecule has 1 aromatic rings. The molecule has 1 nitrogen and oxygen atoms in total. The van der Waals surface area contributed by atoms with Gasteiger partial charge in [-0.1, -0.05) is 33.6 Å². The second kappa shape index (κ2) is 5.38. The topological polar surface area (TPSA) is 26.0 Å². The van der Waals surface area contributed by atoms with Gasteiger partial charge in [0.15, 0.2) is 0 Å². The average molecular weight is 317 g/mol. The molecule has 0 heterocycles. The first kappa shape index (κ1) is 13.8. The fraction of sp³-hybridized carbons (Fsp3) is 0.400. The van der Waals surface area contributed by atoms with Crippen LogP contribution >= 0.6 is 27.5 Å². The second-order valence-corrected chi connectivity index (χ2v) is 4.72. The van der Waals surface area contributed by atoms with Crippen LogP contribution in [0.3, 0.4) is 0 Å². The Morgan fingerprint density at radius 2 is 2.00 bits per heavy atom. The van der Waals surface area contributed by atoms with Gasteiger partial charge in [0.25, 0.3) is 0 Å². The lowest BCUT2D eigenvalue weighted by Crippen LogP contribution is -2.16. The molecule has 0 saturated heterocycles. The van der Waals surface area contributed by atoms with E-state index in [0.717, 1.165) is 0 Å². The van der Waals surface area contributed by atoms with E-state index in [4.69, 9.17) is 17.3 Å². The van der Waals surface area contributed by atoms with Crippen molar-refractivity contribution in [2.75, 3.05) is 0 Å². The molecule has 0 bridgehead atoms. The van der Waals surface area contributed by atoms with Crippen molar-refractivity contribution < 1.29 is 13.2 Å². The Bertz CT molecular complexity index is 368. The molecule has 0 aliphatic heterocycles. The molecule has 2 N–H and O–H groups in total. The van der Waals surface area contributed by atoms with Crippen molar-refractivity contribution >= 4 is 27.5 Å². The Morgan fingerprint density at radius 1 is 1.38 bits per heavy atom. The fourth-order valence-electron chi connectivity index (χ4n) is 1.28. The maximum absolute atomic E-state index is 12.0. The van der Waals surface area contributed by atoms with Crippen LogP contribution in [0.5, 0.6) is 0 Å². The van der Waals surface area contributed by atoms with Gasteiger partial charge in [0.05, 0.1) is 0 Å². The van der Waals surface area contributed by atoms with Crippen LogP contribution in [0.2, 0.25) is 5.02 Å². The largest absolute Gasteiger partial charge is 0.389 e. The zero-order valence-electron chi connectivity index (χ0n) is 8.19. The number of halogens is 5. The number of hydrogen-bond acceptors (Lipinski definition) is 1. The average Bonchev–Trinajstić information content (AvgIpc) is 2.13. The summed E-state index contributed by atoms with van der Waals surface area (Å²) in [6.45, 7) is 0. The van der Waals surface area contributed by atoms with E-state index in [2.05, 4.69) is 15.9 Å². The van der Waals surface area contributed by atoms with Gasteiger partial charge >= 0.3 is 6.18 Å². The summed E-state index contributed by atoms with van der Waals surface area (Å²) < 4.78 is 36.7. The summed E-state index contributed by atoms with van der Waals surface area (Å²) in [5.74, 6) is 0. The monoisotopic (exact) mass is 315 g/mol. The third kappa shape index (κ3) is 4.31. The van der Waals surface area contributed by atoms with Crippen LogP contribution in [0.25, 0.3) is 0 Å². The third-order valence-corrected chi connectivity index (χ3v) is 3.02. The fourth-order valence-corrected chi connectivity index (χ4v) is 2.25. The van der Waals surface area contributed by atoms with Crippen molar-refractivity contribution in [3.63, 3.8) is 0 Å². The van der Waals surface area contributed by atoms with Crippen molar-refractivity contribution in [2.45, 2.75) is 25.1 Å². The first-order valence-electron chi connectivity index (χ1n) is 4.57.